The average Bonchev–Trinajstić information content (AvgIpc) is 3.22. The molecule has 1 heterocycles. The van der Waals surface area contributed by atoms with Crippen LogP contribution < -0.4 is 0 Å². The largest absolute Gasteiger partial charge is 0.339 e. The Kier molecular flexibility index (Phi) is 4.58. The molecule has 0 saturated heterocycles. The highest BCUT2D eigenvalue weighted by atomic mass is 16.1. The summed E-state index contributed by atoms with van der Waals surface area (Å²) < 4.78 is 2.08. The van der Waals surface area contributed by atoms with Crippen molar-refractivity contribution in [2.75, 3.05) is 0 Å². The third-order valence-electron chi connectivity index (χ3n) is 6.58. The van der Waals surface area contributed by atoms with Crippen LogP contribution in [0, 0.1) is 6.92 Å². The number of hydrogen-bond donors (Lipinski definition) is 0. The molecule has 0 bridgehead atoms. The summed E-state index contributed by atoms with van der Waals surface area (Å²) in [6.45, 7) is 2.48. The van der Waals surface area contributed by atoms with Gasteiger partial charge in [0.25, 0.3) is 0 Å². The molecule has 0 aliphatic carbocycles. The second-order valence-electron chi connectivity index (χ2n) is 8.67. The predicted molar refractivity (Wildman–Crippen MR) is 139 cm³/mol. The zero-order valence-corrected chi connectivity index (χ0v) is 18.5. The Balaban J connectivity index is 1.59. The van der Waals surface area contributed by atoms with Crippen LogP contribution in [0.1, 0.15) is 5.56 Å². The average molecular weight is 426 g/mol. The first kappa shape index (κ1) is 19.5. The zero-order valence-electron chi connectivity index (χ0n) is 18.5. The molecule has 0 N–H and O–H groups in total. The van der Waals surface area contributed by atoms with Gasteiger partial charge in [-0.15, -0.1) is 0 Å². The van der Waals surface area contributed by atoms with Crippen molar-refractivity contribution in [1.82, 2.24) is 4.57 Å². The van der Waals surface area contributed by atoms with Crippen LogP contribution in [-0.2, 0) is 11.3 Å². The van der Waals surface area contributed by atoms with Crippen molar-refractivity contribution in [2.45, 2.75) is 13.5 Å². The normalized spacial score (nSPS) is 11.4. The molecule has 158 valence electrons. The molecule has 0 amide bonds. The van der Waals surface area contributed by atoms with Gasteiger partial charge in [0.15, 0.2) is 0 Å². The minimum atomic E-state index is 0.347. The molecule has 33 heavy (non-hydrogen) atoms. The molecule has 6 aromatic rings. The summed E-state index contributed by atoms with van der Waals surface area (Å²) in [6, 6.07) is 34.6. The van der Waals surface area contributed by atoms with E-state index in [1.54, 1.807) is 0 Å². The molecule has 5 aromatic carbocycles. The summed E-state index contributed by atoms with van der Waals surface area (Å²) in [5.74, 6) is 0. The van der Waals surface area contributed by atoms with E-state index < -0.39 is 0 Å². The molecule has 6 rings (SSSR count). The van der Waals surface area contributed by atoms with Gasteiger partial charge in [-0.2, -0.15) is 0 Å². The third kappa shape index (κ3) is 3.32. The van der Waals surface area contributed by atoms with Crippen LogP contribution in [0.5, 0.6) is 0 Å². The molecule has 0 radical (unpaired) electrons. The lowest BCUT2D eigenvalue weighted by Crippen LogP contribution is -1.97. The minimum Gasteiger partial charge on any atom is -0.339 e. The quantitative estimate of drug-likeness (QED) is 0.264. The number of carbonyl (C=O) groups is 1. The molecule has 0 spiro atoms. The second kappa shape index (κ2) is 7.75. The third-order valence-corrected chi connectivity index (χ3v) is 6.58. The maximum atomic E-state index is 11.4. The summed E-state index contributed by atoms with van der Waals surface area (Å²) in [6.07, 6.45) is 3.10. The number of benzene rings is 5. The van der Waals surface area contributed by atoms with Gasteiger partial charge in [-0.05, 0) is 75.0 Å². The van der Waals surface area contributed by atoms with E-state index in [-0.39, 0.29) is 0 Å². The fraction of sp³-hybridized carbons (Fsp3) is 0.0645. The topological polar surface area (TPSA) is 22.0 Å². The number of carbonyl (C=O) groups excluding carboxylic acids is 1. The number of aryl methyl sites for hydroxylation is 1. The first-order valence-corrected chi connectivity index (χ1v) is 11.3. The molecule has 0 fully saturated rings. The van der Waals surface area contributed by atoms with Crippen molar-refractivity contribution >= 4 is 38.7 Å². The fourth-order valence-electron chi connectivity index (χ4n) is 5.00. The Bertz CT molecular complexity index is 1670. The van der Waals surface area contributed by atoms with Gasteiger partial charge in [0.05, 0.1) is 12.1 Å². The SMILES string of the molecule is Cc1cc(-c2ccc3ccccc3c2)cc2c(-c3ccc4ccccc4c3)cn(CC=O)c12. The Labute approximate surface area is 192 Å². The number of fused-ring (bicyclic) bond motifs is 3. The highest BCUT2D eigenvalue weighted by Gasteiger charge is 2.15. The van der Waals surface area contributed by atoms with Gasteiger partial charge in [0, 0.05) is 17.1 Å². The van der Waals surface area contributed by atoms with E-state index in [9.17, 15) is 4.79 Å². The van der Waals surface area contributed by atoms with Gasteiger partial charge in [-0.1, -0.05) is 72.8 Å². The van der Waals surface area contributed by atoms with Crippen molar-refractivity contribution < 1.29 is 4.79 Å². The Hall–Kier alpha value is -4.17. The van der Waals surface area contributed by atoms with Crippen LogP contribution >= 0.6 is 0 Å². The van der Waals surface area contributed by atoms with Gasteiger partial charge in [-0.3, -0.25) is 0 Å². The van der Waals surface area contributed by atoms with Gasteiger partial charge in [0.1, 0.15) is 6.29 Å². The van der Waals surface area contributed by atoms with E-state index in [4.69, 9.17) is 0 Å². The molecular formula is C31H23NO. The van der Waals surface area contributed by atoms with Crippen molar-refractivity contribution in [3.05, 3.63) is 109 Å². The minimum absolute atomic E-state index is 0.347. The molecule has 0 unspecified atom stereocenters. The first-order chi connectivity index (χ1) is 16.2. The summed E-state index contributed by atoms with van der Waals surface area (Å²) in [5, 5.41) is 6.10. The van der Waals surface area contributed by atoms with Crippen molar-refractivity contribution in [3.63, 3.8) is 0 Å². The van der Waals surface area contributed by atoms with E-state index >= 15 is 0 Å². The van der Waals surface area contributed by atoms with Crippen molar-refractivity contribution in [1.29, 1.82) is 0 Å². The maximum Gasteiger partial charge on any atom is 0.139 e. The second-order valence-corrected chi connectivity index (χ2v) is 8.67. The van der Waals surface area contributed by atoms with E-state index in [0.29, 0.717) is 6.54 Å². The van der Waals surface area contributed by atoms with Crippen molar-refractivity contribution in [3.8, 4) is 22.3 Å². The number of nitrogens with zero attached hydrogens (tertiary/aromatic N) is 1. The molecule has 2 heteroatoms. The van der Waals surface area contributed by atoms with Crippen LogP contribution in [0.2, 0.25) is 0 Å². The van der Waals surface area contributed by atoms with Gasteiger partial charge in [-0.25, -0.2) is 0 Å². The molecular weight excluding hydrogens is 402 g/mol. The van der Waals surface area contributed by atoms with Gasteiger partial charge < -0.3 is 9.36 Å². The van der Waals surface area contributed by atoms with Crippen LogP contribution in [0.4, 0.5) is 0 Å². The lowest BCUT2D eigenvalue weighted by molar-refractivity contribution is -0.108. The standard InChI is InChI=1S/C31H23NO/c1-21-16-28(26-12-10-22-6-2-4-8-24(22)17-26)19-29-30(20-32(14-15-33)31(21)29)27-13-11-23-7-3-5-9-25(23)18-27/h2-13,15-20H,14H2,1H3. The smallest absolute Gasteiger partial charge is 0.139 e. The fourth-order valence-corrected chi connectivity index (χ4v) is 5.00. The van der Waals surface area contributed by atoms with Crippen LogP contribution in [0.3, 0.4) is 0 Å². The number of aromatic nitrogens is 1. The molecule has 0 atom stereocenters. The summed E-state index contributed by atoms with van der Waals surface area (Å²) >= 11 is 0. The number of aldehydes is 1. The van der Waals surface area contributed by atoms with Crippen molar-refractivity contribution in [2.24, 2.45) is 0 Å². The highest BCUT2D eigenvalue weighted by Crippen LogP contribution is 2.37. The summed E-state index contributed by atoms with van der Waals surface area (Å²) in [4.78, 5) is 11.4. The van der Waals surface area contributed by atoms with Crippen LogP contribution in [0.25, 0.3) is 54.7 Å². The lowest BCUT2D eigenvalue weighted by Gasteiger charge is -2.10. The monoisotopic (exact) mass is 425 g/mol. The van der Waals surface area contributed by atoms with E-state index in [2.05, 4.69) is 115 Å². The van der Waals surface area contributed by atoms with Gasteiger partial charge in [0.2, 0.25) is 0 Å². The van der Waals surface area contributed by atoms with Crippen LogP contribution in [0.15, 0.2) is 103 Å². The molecule has 0 aliphatic heterocycles. The van der Waals surface area contributed by atoms with E-state index in [1.807, 2.05) is 0 Å². The summed E-state index contributed by atoms with van der Waals surface area (Å²) in [7, 11) is 0. The molecule has 0 aliphatic rings. The Morgan fingerprint density at radius 2 is 1.27 bits per heavy atom. The number of hydrogen-bond acceptors (Lipinski definition) is 1. The van der Waals surface area contributed by atoms with Crippen LogP contribution in [-0.4, -0.2) is 10.9 Å². The summed E-state index contributed by atoms with van der Waals surface area (Å²) in [5.41, 5.74) is 7.00. The maximum absolute atomic E-state index is 11.4. The first-order valence-electron chi connectivity index (χ1n) is 11.3. The van der Waals surface area contributed by atoms with E-state index in [0.717, 1.165) is 17.4 Å². The zero-order chi connectivity index (χ0) is 22.4. The number of rotatable bonds is 4. The molecule has 2 nitrogen and oxygen atoms in total. The molecule has 1 aromatic heterocycles. The Morgan fingerprint density at radius 1 is 0.667 bits per heavy atom. The highest BCUT2D eigenvalue weighted by molar-refractivity contribution is 6.02. The Morgan fingerprint density at radius 3 is 1.94 bits per heavy atom. The molecule has 0 saturated carbocycles. The van der Waals surface area contributed by atoms with E-state index in [1.165, 1.54) is 49.2 Å². The lowest BCUT2D eigenvalue weighted by atomic mass is 9.95. The predicted octanol–water partition coefficient (Wildman–Crippen LogP) is 7.79. The van der Waals surface area contributed by atoms with Gasteiger partial charge >= 0.3 is 0 Å².